The van der Waals surface area contributed by atoms with E-state index in [1.54, 1.807) is 0 Å². The topological polar surface area (TPSA) is 17.1 Å². The molecule has 3 aliphatic rings. The Kier molecular flexibility index (Phi) is 3.37. The number of rotatable bonds is 4. The van der Waals surface area contributed by atoms with Gasteiger partial charge in [-0.15, -0.1) is 0 Å². The van der Waals surface area contributed by atoms with Gasteiger partial charge in [-0.3, -0.25) is 4.79 Å². The molecule has 0 spiro atoms. The van der Waals surface area contributed by atoms with Crippen LogP contribution in [0.5, 0.6) is 0 Å². The van der Waals surface area contributed by atoms with Crippen molar-refractivity contribution in [3.63, 3.8) is 0 Å². The minimum Gasteiger partial charge on any atom is -0.322 e. The fraction of sp³-hybridized carbons (Fsp3) is 0.933. The zero-order valence-corrected chi connectivity index (χ0v) is 12.0. The summed E-state index contributed by atoms with van der Waals surface area (Å²) < 4.78 is 1.32. The van der Waals surface area contributed by atoms with Gasteiger partial charge in [0, 0.05) is 31.6 Å². The minimum atomic E-state index is 0.220. The van der Waals surface area contributed by atoms with Crippen molar-refractivity contribution in [1.82, 2.24) is 0 Å². The molecule has 0 aromatic heterocycles. The lowest BCUT2D eigenvalue weighted by molar-refractivity contribution is -0.964. The molecule has 2 nitrogen and oxygen atoms in total. The van der Waals surface area contributed by atoms with Gasteiger partial charge in [-0.25, -0.2) is 0 Å². The fourth-order valence-corrected chi connectivity index (χ4v) is 3.70. The number of carbonyl (C=O) groups is 1. The maximum absolute atomic E-state index is 12.0. The zero-order valence-electron chi connectivity index (χ0n) is 12.0. The molecule has 2 heteroatoms. The van der Waals surface area contributed by atoms with Gasteiger partial charge in [-0.05, 0) is 19.3 Å². The monoisotopic (exact) mass is 238 g/mol. The highest BCUT2D eigenvalue weighted by Crippen LogP contribution is 2.47. The van der Waals surface area contributed by atoms with Crippen molar-refractivity contribution in [2.45, 2.75) is 59.4 Å². The quantitative estimate of drug-likeness (QED) is 0.688. The summed E-state index contributed by atoms with van der Waals surface area (Å²) in [4.78, 5) is 12.0. The molecule has 0 unspecified atom stereocenters. The molecule has 3 aliphatic heterocycles. The van der Waals surface area contributed by atoms with Crippen LogP contribution in [-0.4, -0.2) is 35.9 Å². The summed E-state index contributed by atoms with van der Waals surface area (Å²) in [6.07, 6.45) is 4.69. The van der Waals surface area contributed by atoms with Gasteiger partial charge in [0.05, 0.1) is 25.7 Å². The molecule has 3 saturated heterocycles. The van der Waals surface area contributed by atoms with E-state index >= 15 is 0 Å². The number of quaternary nitrogens is 1. The molecule has 0 aromatic rings. The number of nitrogens with zero attached hydrogens (tertiary/aromatic N) is 1. The second kappa shape index (κ2) is 4.38. The van der Waals surface area contributed by atoms with Crippen LogP contribution in [0.2, 0.25) is 0 Å². The molecule has 0 radical (unpaired) electrons. The summed E-state index contributed by atoms with van der Waals surface area (Å²) in [7, 11) is 0. The summed E-state index contributed by atoms with van der Waals surface area (Å²) in [5.41, 5.74) is 0.385. The van der Waals surface area contributed by atoms with Gasteiger partial charge >= 0.3 is 0 Å². The molecule has 0 N–H and O–H groups in total. The molecular weight excluding hydrogens is 210 g/mol. The number of hydrogen-bond acceptors (Lipinski definition) is 1. The van der Waals surface area contributed by atoms with Crippen molar-refractivity contribution < 1.29 is 9.28 Å². The lowest BCUT2D eigenvalue weighted by Crippen LogP contribution is -2.64. The van der Waals surface area contributed by atoms with Crippen molar-refractivity contribution in [2.24, 2.45) is 11.3 Å². The predicted molar refractivity (Wildman–Crippen MR) is 70.7 cm³/mol. The van der Waals surface area contributed by atoms with E-state index in [4.69, 9.17) is 0 Å². The Hall–Kier alpha value is -0.370. The molecule has 0 aromatic carbocycles. The van der Waals surface area contributed by atoms with Crippen molar-refractivity contribution in [1.29, 1.82) is 0 Å². The van der Waals surface area contributed by atoms with Crippen molar-refractivity contribution >= 4 is 5.78 Å². The second-order valence-corrected chi connectivity index (χ2v) is 7.03. The predicted octanol–water partition coefficient (Wildman–Crippen LogP) is 3.01. The van der Waals surface area contributed by atoms with E-state index in [9.17, 15) is 4.79 Å². The normalized spacial score (nSPS) is 36.8. The number of Topliss-reactive ketones (excluding diaryl/α,β-unsaturated/α-hetero) is 1. The van der Waals surface area contributed by atoms with Gasteiger partial charge in [0.2, 0.25) is 0 Å². The first-order valence-electron chi connectivity index (χ1n) is 7.28. The van der Waals surface area contributed by atoms with Crippen molar-refractivity contribution in [3.8, 4) is 0 Å². The summed E-state index contributed by atoms with van der Waals surface area (Å²) in [5, 5.41) is 0. The molecule has 3 heterocycles. The SMILES string of the molecule is CC(C)C(=O)CC12CC[N+](C(C)C)(CC1)CC2. The Morgan fingerprint density at radius 3 is 1.88 bits per heavy atom. The summed E-state index contributed by atoms with van der Waals surface area (Å²) in [6, 6.07) is 0.758. The molecule has 98 valence electrons. The Labute approximate surface area is 106 Å². The van der Waals surface area contributed by atoms with Crippen LogP contribution >= 0.6 is 0 Å². The average Bonchev–Trinajstić information content (AvgIpc) is 2.30. The molecule has 2 bridgehead atoms. The molecule has 0 atom stereocenters. The Morgan fingerprint density at radius 1 is 1.06 bits per heavy atom. The van der Waals surface area contributed by atoms with Crippen LogP contribution in [0.4, 0.5) is 0 Å². The molecule has 17 heavy (non-hydrogen) atoms. The largest absolute Gasteiger partial charge is 0.322 e. The van der Waals surface area contributed by atoms with Gasteiger partial charge in [-0.1, -0.05) is 13.8 Å². The van der Waals surface area contributed by atoms with Crippen LogP contribution in [0, 0.1) is 11.3 Å². The zero-order chi connectivity index (χ0) is 12.7. The van der Waals surface area contributed by atoms with Gasteiger partial charge in [0.25, 0.3) is 0 Å². The molecule has 3 fully saturated rings. The van der Waals surface area contributed by atoms with Crippen LogP contribution in [0.15, 0.2) is 0 Å². The van der Waals surface area contributed by atoms with Crippen LogP contribution in [-0.2, 0) is 4.79 Å². The maximum Gasteiger partial charge on any atom is 0.135 e. The first-order valence-corrected chi connectivity index (χ1v) is 7.28. The summed E-state index contributed by atoms with van der Waals surface area (Å²) in [5.74, 6) is 0.703. The average molecular weight is 238 g/mol. The summed E-state index contributed by atoms with van der Waals surface area (Å²) in [6.45, 7) is 12.7. The number of piperidine rings is 3. The summed E-state index contributed by atoms with van der Waals surface area (Å²) >= 11 is 0. The smallest absolute Gasteiger partial charge is 0.135 e. The van der Waals surface area contributed by atoms with Crippen LogP contribution in [0.25, 0.3) is 0 Å². The van der Waals surface area contributed by atoms with Gasteiger partial charge in [-0.2, -0.15) is 0 Å². The maximum atomic E-state index is 12.0. The molecular formula is C15H28NO+. The first kappa shape index (κ1) is 13.1. The van der Waals surface area contributed by atoms with E-state index in [0.717, 1.165) is 12.5 Å². The third-order valence-electron chi connectivity index (χ3n) is 5.55. The van der Waals surface area contributed by atoms with E-state index < -0.39 is 0 Å². The number of fused-ring (bicyclic) bond motifs is 3. The fourth-order valence-electron chi connectivity index (χ4n) is 3.70. The Bertz CT molecular complexity index is 282. The lowest BCUT2D eigenvalue weighted by Gasteiger charge is -2.56. The van der Waals surface area contributed by atoms with Crippen molar-refractivity contribution in [3.05, 3.63) is 0 Å². The number of hydrogen-bond donors (Lipinski definition) is 0. The van der Waals surface area contributed by atoms with Crippen LogP contribution in [0.1, 0.15) is 53.4 Å². The lowest BCUT2D eigenvalue weighted by atomic mass is 9.66. The Morgan fingerprint density at radius 2 is 1.53 bits per heavy atom. The van der Waals surface area contributed by atoms with E-state index in [-0.39, 0.29) is 5.92 Å². The molecule has 3 rings (SSSR count). The highest BCUT2D eigenvalue weighted by molar-refractivity contribution is 5.81. The van der Waals surface area contributed by atoms with Crippen molar-refractivity contribution in [2.75, 3.05) is 19.6 Å². The third kappa shape index (κ3) is 2.29. The van der Waals surface area contributed by atoms with E-state index in [0.29, 0.717) is 11.2 Å². The molecule has 0 aliphatic carbocycles. The van der Waals surface area contributed by atoms with E-state index in [1.807, 2.05) is 13.8 Å². The van der Waals surface area contributed by atoms with Gasteiger partial charge in [0.15, 0.2) is 0 Å². The Balaban J connectivity index is 2.02. The second-order valence-electron chi connectivity index (χ2n) is 7.03. The van der Waals surface area contributed by atoms with Crippen LogP contribution in [0.3, 0.4) is 0 Å². The molecule has 0 saturated carbocycles. The molecule has 0 amide bonds. The van der Waals surface area contributed by atoms with Gasteiger partial charge < -0.3 is 4.48 Å². The number of carbonyl (C=O) groups excluding carboxylic acids is 1. The number of ketones is 1. The highest BCUT2D eigenvalue weighted by Gasteiger charge is 2.50. The standard InChI is InChI=1S/C15H28NO/c1-12(2)14(17)11-15-5-8-16(9-6-15,10-7-15)13(3)4/h12-13H,5-11H2,1-4H3/q+1. The third-order valence-corrected chi connectivity index (χ3v) is 5.55. The minimum absolute atomic E-state index is 0.220. The van der Waals surface area contributed by atoms with Crippen LogP contribution < -0.4 is 0 Å². The van der Waals surface area contributed by atoms with E-state index in [1.165, 1.54) is 43.4 Å². The van der Waals surface area contributed by atoms with Gasteiger partial charge in [0.1, 0.15) is 5.78 Å². The van der Waals surface area contributed by atoms with E-state index in [2.05, 4.69) is 13.8 Å². The first-order chi connectivity index (χ1) is 7.89. The highest BCUT2D eigenvalue weighted by atomic mass is 16.1.